The number of nitrogens with two attached hydrogens (primary N) is 1. The number of fused-ring (bicyclic) bond motifs is 1. The Morgan fingerprint density at radius 1 is 1.28 bits per heavy atom. The second-order valence-corrected chi connectivity index (χ2v) is 4.30. The Labute approximate surface area is 105 Å². The summed E-state index contributed by atoms with van der Waals surface area (Å²) in [5, 5.41) is 0. The second kappa shape index (κ2) is 3.96. The average molecular weight is 241 g/mol. The third-order valence-electron chi connectivity index (χ3n) is 3.28. The lowest BCUT2D eigenvalue weighted by Gasteiger charge is -2.04. The third kappa shape index (κ3) is 1.44. The molecule has 0 spiro atoms. The number of aromatic nitrogens is 4. The maximum atomic E-state index is 5.86. The van der Waals surface area contributed by atoms with Crippen molar-refractivity contribution < 1.29 is 0 Å². The SMILES string of the molecule is Cc1ncn(-c2nc3ccccn3c2CN)c1C. The smallest absolute Gasteiger partial charge is 0.162 e. The molecule has 0 aromatic carbocycles. The van der Waals surface area contributed by atoms with Crippen molar-refractivity contribution in [3.05, 3.63) is 47.8 Å². The highest BCUT2D eigenvalue weighted by Crippen LogP contribution is 2.19. The molecule has 0 atom stereocenters. The summed E-state index contributed by atoms with van der Waals surface area (Å²) in [6.45, 7) is 4.47. The van der Waals surface area contributed by atoms with Gasteiger partial charge in [-0.3, -0.25) is 4.57 Å². The zero-order valence-corrected chi connectivity index (χ0v) is 10.5. The van der Waals surface area contributed by atoms with Gasteiger partial charge in [0.15, 0.2) is 5.82 Å². The summed E-state index contributed by atoms with van der Waals surface area (Å²) in [6, 6.07) is 5.92. The topological polar surface area (TPSA) is 61.1 Å². The van der Waals surface area contributed by atoms with Crippen LogP contribution in [0.15, 0.2) is 30.7 Å². The van der Waals surface area contributed by atoms with Gasteiger partial charge in [0.1, 0.15) is 12.0 Å². The van der Waals surface area contributed by atoms with Crippen LogP contribution in [0.25, 0.3) is 11.5 Å². The van der Waals surface area contributed by atoms with Crippen molar-refractivity contribution in [2.45, 2.75) is 20.4 Å². The van der Waals surface area contributed by atoms with Gasteiger partial charge in [-0.05, 0) is 26.0 Å². The third-order valence-corrected chi connectivity index (χ3v) is 3.28. The molecule has 3 aromatic heterocycles. The molecule has 0 unspecified atom stereocenters. The van der Waals surface area contributed by atoms with Gasteiger partial charge in [0, 0.05) is 18.4 Å². The van der Waals surface area contributed by atoms with Gasteiger partial charge >= 0.3 is 0 Å². The van der Waals surface area contributed by atoms with E-state index in [0.717, 1.165) is 28.5 Å². The number of hydrogen-bond acceptors (Lipinski definition) is 3. The summed E-state index contributed by atoms with van der Waals surface area (Å²) in [5.74, 6) is 0.863. The summed E-state index contributed by atoms with van der Waals surface area (Å²) in [4.78, 5) is 8.94. The Hall–Kier alpha value is -2.14. The minimum absolute atomic E-state index is 0.442. The molecule has 0 aliphatic carbocycles. The van der Waals surface area contributed by atoms with Crippen LogP contribution in [0.2, 0.25) is 0 Å². The Kier molecular flexibility index (Phi) is 2.41. The second-order valence-electron chi connectivity index (χ2n) is 4.30. The molecule has 0 aliphatic rings. The molecule has 0 fully saturated rings. The molecule has 0 amide bonds. The fraction of sp³-hybridized carbons (Fsp3) is 0.231. The molecule has 3 aromatic rings. The van der Waals surface area contributed by atoms with Gasteiger partial charge in [0.2, 0.25) is 0 Å². The van der Waals surface area contributed by atoms with Gasteiger partial charge in [-0.2, -0.15) is 0 Å². The summed E-state index contributed by atoms with van der Waals surface area (Å²) in [5.41, 5.74) is 9.85. The lowest BCUT2D eigenvalue weighted by molar-refractivity contribution is 0.895. The summed E-state index contributed by atoms with van der Waals surface area (Å²) >= 11 is 0. The normalized spacial score (nSPS) is 11.3. The number of aryl methyl sites for hydroxylation is 1. The molecule has 5 nitrogen and oxygen atoms in total. The lowest BCUT2D eigenvalue weighted by Crippen LogP contribution is -2.06. The van der Waals surface area contributed by atoms with Crippen LogP contribution in [0.4, 0.5) is 0 Å². The van der Waals surface area contributed by atoms with E-state index in [0.29, 0.717) is 6.54 Å². The molecule has 92 valence electrons. The van der Waals surface area contributed by atoms with Gasteiger partial charge in [-0.1, -0.05) is 6.07 Å². The Morgan fingerprint density at radius 2 is 2.11 bits per heavy atom. The predicted octanol–water partition coefficient (Wildman–Crippen LogP) is 1.60. The van der Waals surface area contributed by atoms with E-state index in [9.17, 15) is 0 Å². The first kappa shape index (κ1) is 11.0. The molecule has 0 radical (unpaired) electrons. The fourth-order valence-electron chi connectivity index (χ4n) is 2.13. The first-order valence-corrected chi connectivity index (χ1v) is 5.89. The van der Waals surface area contributed by atoms with Crippen molar-refractivity contribution in [1.29, 1.82) is 0 Å². The van der Waals surface area contributed by atoms with Crippen molar-refractivity contribution in [2.24, 2.45) is 5.73 Å². The standard InChI is InChI=1S/C13H15N5/c1-9-10(2)18(8-15-9)13-11(7-14)17-6-4-3-5-12(17)16-13/h3-6,8H,7,14H2,1-2H3. The largest absolute Gasteiger partial charge is 0.325 e. The summed E-state index contributed by atoms with van der Waals surface area (Å²) < 4.78 is 4.01. The van der Waals surface area contributed by atoms with Crippen molar-refractivity contribution in [1.82, 2.24) is 18.9 Å². The van der Waals surface area contributed by atoms with E-state index >= 15 is 0 Å². The molecule has 3 rings (SSSR count). The Balaban J connectivity index is 2.32. The zero-order chi connectivity index (χ0) is 12.7. The van der Waals surface area contributed by atoms with Gasteiger partial charge in [-0.15, -0.1) is 0 Å². The van der Waals surface area contributed by atoms with E-state index in [1.165, 1.54) is 0 Å². The van der Waals surface area contributed by atoms with Crippen LogP contribution in [-0.4, -0.2) is 18.9 Å². The molecular formula is C13H15N5. The highest BCUT2D eigenvalue weighted by atomic mass is 15.2. The maximum absolute atomic E-state index is 5.86. The predicted molar refractivity (Wildman–Crippen MR) is 69.7 cm³/mol. The molecule has 0 saturated carbocycles. The highest BCUT2D eigenvalue weighted by molar-refractivity contribution is 5.49. The van der Waals surface area contributed by atoms with E-state index in [4.69, 9.17) is 5.73 Å². The van der Waals surface area contributed by atoms with E-state index in [-0.39, 0.29) is 0 Å². The number of nitrogens with zero attached hydrogens (tertiary/aromatic N) is 4. The van der Waals surface area contributed by atoms with Gasteiger partial charge < -0.3 is 10.1 Å². The number of rotatable bonds is 2. The van der Waals surface area contributed by atoms with Crippen molar-refractivity contribution in [3.63, 3.8) is 0 Å². The van der Waals surface area contributed by atoms with E-state index in [1.54, 1.807) is 6.33 Å². The molecule has 0 bridgehead atoms. The minimum Gasteiger partial charge on any atom is -0.325 e. The molecule has 3 heterocycles. The molecule has 2 N–H and O–H groups in total. The molecule has 18 heavy (non-hydrogen) atoms. The van der Waals surface area contributed by atoms with E-state index in [2.05, 4.69) is 9.97 Å². The van der Waals surface area contributed by atoms with Crippen LogP contribution in [0.3, 0.4) is 0 Å². The quantitative estimate of drug-likeness (QED) is 0.741. The van der Waals surface area contributed by atoms with Crippen LogP contribution in [0.5, 0.6) is 0 Å². The average Bonchev–Trinajstić information content (AvgIpc) is 2.91. The van der Waals surface area contributed by atoms with Crippen LogP contribution in [-0.2, 0) is 6.54 Å². The first-order chi connectivity index (χ1) is 8.72. The van der Waals surface area contributed by atoms with Crippen molar-refractivity contribution >= 4 is 5.65 Å². The monoisotopic (exact) mass is 241 g/mol. The lowest BCUT2D eigenvalue weighted by atomic mass is 10.3. The van der Waals surface area contributed by atoms with Gasteiger partial charge in [0.05, 0.1) is 11.4 Å². The first-order valence-electron chi connectivity index (χ1n) is 5.89. The van der Waals surface area contributed by atoms with Crippen molar-refractivity contribution in [2.75, 3.05) is 0 Å². The summed E-state index contributed by atoms with van der Waals surface area (Å²) in [7, 11) is 0. The van der Waals surface area contributed by atoms with Crippen LogP contribution in [0.1, 0.15) is 17.1 Å². The summed E-state index contributed by atoms with van der Waals surface area (Å²) in [6.07, 6.45) is 3.78. The zero-order valence-electron chi connectivity index (χ0n) is 10.5. The molecule has 0 saturated heterocycles. The van der Waals surface area contributed by atoms with Crippen LogP contribution >= 0.6 is 0 Å². The van der Waals surface area contributed by atoms with Crippen LogP contribution < -0.4 is 5.73 Å². The maximum Gasteiger partial charge on any atom is 0.162 e. The fourth-order valence-corrected chi connectivity index (χ4v) is 2.13. The van der Waals surface area contributed by atoms with E-state index < -0.39 is 0 Å². The highest BCUT2D eigenvalue weighted by Gasteiger charge is 2.14. The van der Waals surface area contributed by atoms with Crippen molar-refractivity contribution in [3.8, 4) is 5.82 Å². The Morgan fingerprint density at radius 3 is 2.78 bits per heavy atom. The van der Waals surface area contributed by atoms with Gasteiger partial charge in [0.25, 0.3) is 0 Å². The number of imidazole rings is 2. The van der Waals surface area contributed by atoms with Crippen LogP contribution in [0, 0.1) is 13.8 Å². The van der Waals surface area contributed by atoms with E-state index in [1.807, 2.05) is 47.2 Å². The number of pyridine rings is 1. The minimum atomic E-state index is 0.442. The van der Waals surface area contributed by atoms with Gasteiger partial charge in [-0.25, -0.2) is 9.97 Å². The molecule has 5 heteroatoms. The molecule has 0 aliphatic heterocycles. The molecular weight excluding hydrogens is 226 g/mol. The Bertz CT molecular complexity index is 707. The number of hydrogen-bond donors (Lipinski definition) is 1.